The van der Waals surface area contributed by atoms with Gasteiger partial charge >= 0.3 is 6.18 Å². The molecule has 3 rings (SSSR count). The summed E-state index contributed by atoms with van der Waals surface area (Å²) in [6.45, 7) is 0. The van der Waals surface area contributed by atoms with Crippen LogP contribution in [-0.4, -0.2) is 5.11 Å². The highest BCUT2D eigenvalue weighted by Gasteiger charge is 2.31. The zero-order valence-electron chi connectivity index (χ0n) is 11.5. The van der Waals surface area contributed by atoms with Crippen molar-refractivity contribution in [3.63, 3.8) is 0 Å². The van der Waals surface area contributed by atoms with Crippen LogP contribution in [-0.2, 0) is 6.18 Å². The molecule has 1 N–H and O–H groups in total. The van der Waals surface area contributed by atoms with Crippen LogP contribution in [0.1, 0.15) is 48.6 Å². The van der Waals surface area contributed by atoms with Gasteiger partial charge in [-0.1, -0.05) is 25.3 Å². The number of halogens is 3. The maximum Gasteiger partial charge on any atom is 0.416 e. The number of rotatable bonds is 2. The molecule has 5 heteroatoms. The Bertz CT molecular complexity index is 626. The molecule has 0 bridgehead atoms. The summed E-state index contributed by atoms with van der Waals surface area (Å²) in [6.07, 6.45) is 0.615. The van der Waals surface area contributed by atoms with Crippen LogP contribution in [0.4, 0.5) is 13.2 Å². The van der Waals surface area contributed by atoms with Gasteiger partial charge < -0.3 is 5.11 Å². The van der Waals surface area contributed by atoms with E-state index >= 15 is 0 Å². The first kappa shape index (κ1) is 14.9. The lowest BCUT2D eigenvalue weighted by molar-refractivity contribution is -0.137. The minimum Gasteiger partial charge on any atom is -0.387 e. The Morgan fingerprint density at radius 2 is 1.81 bits per heavy atom. The molecule has 2 aromatic rings. The van der Waals surface area contributed by atoms with Crippen LogP contribution < -0.4 is 0 Å². The normalized spacial score (nSPS) is 19.0. The van der Waals surface area contributed by atoms with Crippen molar-refractivity contribution >= 4 is 21.4 Å². The van der Waals surface area contributed by atoms with E-state index in [4.69, 9.17) is 0 Å². The molecule has 21 heavy (non-hydrogen) atoms. The van der Waals surface area contributed by atoms with E-state index < -0.39 is 17.8 Å². The molecule has 1 saturated carbocycles. The van der Waals surface area contributed by atoms with E-state index in [0.717, 1.165) is 42.0 Å². The number of thiophene rings is 1. The Kier molecular flexibility index (Phi) is 3.97. The van der Waals surface area contributed by atoms with Crippen molar-refractivity contribution in [3.05, 3.63) is 34.7 Å². The van der Waals surface area contributed by atoms with Gasteiger partial charge in [-0.15, -0.1) is 11.3 Å². The van der Waals surface area contributed by atoms with E-state index in [1.54, 1.807) is 0 Å². The summed E-state index contributed by atoms with van der Waals surface area (Å²) >= 11 is 1.28. The summed E-state index contributed by atoms with van der Waals surface area (Å²) in [5, 5.41) is 11.2. The van der Waals surface area contributed by atoms with Crippen LogP contribution in [0.15, 0.2) is 24.3 Å². The van der Waals surface area contributed by atoms with Crippen LogP contribution >= 0.6 is 11.3 Å². The summed E-state index contributed by atoms with van der Waals surface area (Å²) < 4.78 is 38.8. The summed E-state index contributed by atoms with van der Waals surface area (Å²) in [7, 11) is 0. The van der Waals surface area contributed by atoms with E-state index in [-0.39, 0.29) is 5.92 Å². The topological polar surface area (TPSA) is 20.2 Å². The molecule has 1 aliphatic rings. The lowest BCUT2D eigenvalue weighted by Gasteiger charge is -2.25. The summed E-state index contributed by atoms with van der Waals surface area (Å²) in [5.41, 5.74) is -0.629. The number of aliphatic hydroxyl groups is 1. The second kappa shape index (κ2) is 5.61. The largest absolute Gasteiger partial charge is 0.416 e. The Balaban J connectivity index is 1.89. The molecule has 0 spiro atoms. The minimum atomic E-state index is -4.32. The van der Waals surface area contributed by atoms with Crippen molar-refractivity contribution in [1.82, 2.24) is 0 Å². The van der Waals surface area contributed by atoms with Gasteiger partial charge in [-0.05, 0) is 42.3 Å². The second-order valence-electron chi connectivity index (χ2n) is 5.74. The van der Waals surface area contributed by atoms with Crippen molar-refractivity contribution in [1.29, 1.82) is 0 Å². The van der Waals surface area contributed by atoms with Crippen molar-refractivity contribution in [2.75, 3.05) is 0 Å². The van der Waals surface area contributed by atoms with Crippen LogP contribution in [0.3, 0.4) is 0 Å². The predicted octanol–water partition coefficient (Wildman–Crippen LogP) is 5.53. The van der Waals surface area contributed by atoms with E-state index in [0.29, 0.717) is 4.70 Å². The van der Waals surface area contributed by atoms with E-state index in [2.05, 4.69) is 0 Å². The molecule has 1 nitrogen and oxygen atoms in total. The molecule has 1 aromatic carbocycles. The summed E-state index contributed by atoms with van der Waals surface area (Å²) in [5.74, 6) is 0.244. The molecule has 1 fully saturated rings. The van der Waals surface area contributed by atoms with Gasteiger partial charge in [0.15, 0.2) is 0 Å². The highest BCUT2D eigenvalue weighted by molar-refractivity contribution is 7.19. The third kappa shape index (κ3) is 3.09. The Labute approximate surface area is 125 Å². The van der Waals surface area contributed by atoms with Crippen molar-refractivity contribution in [3.8, 4) is 0 Å². The Morgan fingerprint density at radius 1 is 1.10 bits per heavy atom. The quantitative estimate of drug-likeness (QED) is 0.772. The van der Waals surface area contributed by atoms with Gasteiger partial charge in [-0.3, -0.25) is 0 Å². The summed E-state index contributed by atoms with van der Waals surface area (Å²) in [6, 6.07) is 5.61. The van der Waals surface area contributed by atoms with Gasteiger partial charge in [0, 0.05) is 9.58 Å². The molecular weight excluding hydrogens is 297 g/mol. The average Bonchev–Trinajstić information content (AvgIpc) is 2.89. The molecule has 1 aliphatic carbocycles. The van der Waals surface area contributed by atoms with Crippen LogP contribution in [0, 0.1) is 5.92 Å². The van der Waals surface area contributed by atoms with Gasteiger partial charge in [0.1, 0.15) is 0 Å². The average molecular weight is 314 g/mol. The molecule has 0 aliphatic heterocycles. The molecule has 0 amide bonds. The molecule has 1 atom stereocenters. The van der Waals surface area contributed by atoms with E-state index in [1.165, 1.54) is 29.9 Å². The zero-order chi connectivity index (χ0) is 15.0. The van der Waals surface area contributed by atoms with Crippen LogP contribution in [0.2, 0.25) is 0 Å². The zero-order valence-corrected chi connectivity index (χ0v) is 12.3. The minimum absolute atomic E-state index is 0.244. The lowest BCUT2D eigenvalue weighted by Crippen LogP contribution is -2.14. The first-order valence-electron chi connectivity index (χ1n) is 7.24. The third-order valence-corrected chi connectivity index (χ3v) is 5.42. The first-order chi connectivity index (χ1) is 9.95. The van der Waals surface area contributed by atoms with Crippen molar-refractivity contribution in [2.24, 2.45) is 5.92 Å². The standard InChI is InChI=1S/C16H17F3OS/c17-16(18,19)12-7-6-11-8-14(21-13(11)9-12)15(20)10-4-2-1-3-5-10/h6-10,15,20H,1-5H2. The van der Waals surface area contributed by atoms with Gasteiger partial charge in [-0.25, -0.2) is 0 Å². The third-order valence-electron chi connectivity index (χ3n) is 4.25. The molecule has 1 aromatic heterocycles. The lowest BCUT2D eigenvalue weighted by atomic mass is 9.85. The maximum atomic E-state index is 12.7. The molecule has 1 heterocycles. The number of hydrogen-bond donors (Lipinski definition) is 1. The predicted molar refractivity (Wildman–Crippen MR) is 78.4 cm³/mol. The number of fused-ring (bicyclic) bond motifs is 1. The van der Waals surface area contributed by atoms with Gasteiger partial charge in [-0.2, -0.15) is 13.2 Å². The van der Waals surface area contributed by atoms with Gasteiger partial charge in [0.05, 0.1) is 11.7 Å². The smallest absolute Gasteiger partial charge is 0.387 e. The van der Waals surface area contributed by atoms with E-state index in [9.17, 15) is 18.3 Å². The van der Waals surface area contributed by atoms with Gasteiger partial charge in [0.25, 0.3) is 0 Å². The van der Waals surface area contributed by atoms with Crippen LogP contribution in [0.5, 0.6) is 0 Å². The molecule has 1 unspecified atom stereocenters. The number of alkyl halides is 3. The Hall–Kier alpha value is -1.07. The molecule has 0 radical (unpaired) electrons. The van der Waals surface area contributed by atoms with Gasteiger partial charge in [0.2, 0.25) is 0 Å². The highest BCUT2D eigenvalue weighted by atomic mass is 32.1. The summed E-state index contributed by atoms with van der Waals surface area (Å²) in [4.78, 5) is 0.788. The second-order valence-corrected chi connectivity index (χ2v) is 6.86. The van der Waals surface area contributed by atoms with E-state index in [1.807, 2.05) is 6.07 Å². The molecule has 0 saturated heterocycles. The monoisotopic (exact) mass is 314 g/mol. The number of benzene rings is 1. The fourth-order valence-corrected chi connectivity index (χ4v) is 4.24. The number of hydrogen-bond acceptors (Lipinski definition) is 2. The highest BCUT2D eigenvalue weighted by Crippen LogP contribution is 2.40. The fraction of sp³-hybridized carbons (Fsp3) is 0.500. The SMILES string of the molecule is OC(c1cc2ccc(C(F)(F)F)cc2s1)C1CCCCC1. The molecular formula is C16H17F3OS. The number of aliphatic hydroxyl groups excluding tert-OH is 1. The Morgan fingerprint density at radius 3 is 2.48 bits per heavy atom. The maximum absolute atomic E-state index is 12.7. The molecule has 114 valence electrons. The fourth-order valence-electron chi connectivity index (χ4n) is 3.06. The van der Waals surface area contributed by atoms with Crippen LogP contribution in [0.25, 0.3) is 10.1 Å². The van der Waals surface area contributed by atoms with Crippen molar-refractivity contribution < 1.29 is 18.3 Å². The van der Waals surface area contributed by atoms with Crippen molar-refractivity contribution in [2.45, 2.75) is 44.4 Å². The first-order valence-corrected chi connectivity index (χ1v) is 8.05.